The van der Waals surface area contributed by atoms with Crippen molar-refractivity contribution in [3.63, 3.8) is 0 Å². The van der Waals surface area contributed by atoms with Crippen molar-refractivity contribution in [3.05, 3.63) is 60.3 Å². The summed E-state index contributed by atoms with van der Waals surface area (Å²) in [6.45, 7) is 0. The molecular formula is C19H16N4O4S2. The first-order valence-corrected chi connectivity index (χ1v) is 11.4. The number of sulfonamides is 1. The van der Waals surface area contributed by atoms with Gasteiger partial charge in [-0.25, -0.2) is 8.42 Å². The molecular weight excluding hydrogens is 412 g/mol. The molecule has 0 aliphatic heterocycles. The van der Waals surface area contributed by atoms with E-state index in [0.29, 0.717) is 22.4 Å². The van der Waals surface area contributed by atoms with Gasteiger partial charge in [-0.05, 0) is 30.3 Å². The molecule has 2 aromatic heterocycles. The van der Waals surface area contributed by atoms with Crippen LogP contribution in [0.15, 0.2) is 64.4 Å². The molecule has 2 N–H and O–H groups in total. The summed E-state index contributed by atoms with van der Waals surface area (Å²) in [6, 6.07) is 14.0. The van der Waals surface area contributed by atoms with E-state index in [9.17, 15) is 13.2 Å². The van der Waals surface area contributed by atoms with Gasteiger partial charge in [0.1, 0.15) is 0 Å². The van der Waals surface area contributed by atoms with Gasteiger partial charge in [-0.2, -0.15) is 0 Å². The Balaban J connectivity index is 1.41. The summed E-state index contributed by atoms with van der Waals surface area (Å²) < 4.78 is 30.5. The van der Waals surface area contributed by atoms with Crippen LogP contribution < -0.4 is 4.72 Å². The molecule has 0 radical (unpaired) electrons. The van der Waals surface area contributed by atoms with Crippen LogP contribution in [0.25, 0.3) is 22.4 Å². The summed E-state index contributed by atoms with van der Waals surface area (Å²) in [6.07, 6.45) is 2.88. The number of fused-ring (bicyclic) bond motifs is 1. The molecule has 2 aromatic carbocycles. The van der Waals surface area contributed by atoms with Crippen LogP contribution in [0, 0.1) is 0 Å². The topological polar surface area (TPSA) is 118 Å². The molecule has 0 saturated carbocycles. The molecule has 4 rings (SSSR count). The smallest absolute Gasteiger partial charge is 0.277 e. The van der Waals surface area contributed by atoms with Crippen LogP contribution in [0.2, 0.25) is 0 Å². The van der Waals surface area contributed by atoms with E-state index in [4.69, 9.17) is 4.42 Å². The highest BCUT2D eigenvalue weighted by atomic mass is 32.2. The van der Waals surface area contributed by atoms with Crippen molar-refractivity contribution in [2.75, 3.05) is 16.7 Å². The molecule has 8 nitrogen and oxygen atoms in total. The number of carbonyl (C=O) groups is 1. The number of ketones is 1. The Hall–Kier alpha value is -3.11. The van der Waals surface area contributed by atoms with Crippen molar-refractivity contribution < 1.29 is 17.6 Å². The third kappa shape index (κ3) is 4.49. The summed E-state index contributed by atoms with van der Waals surface area (Å²) >= 11 is 1.15. The largest absolute Gasteiger partial charge is 0.411 e. The molecule has 0 unspecified atom stereocenters. The van der Waals surface area contributed by atoms with Gasteiger partial charge in [-0.3, -0.25) is 9.52 Å². The Morgan fingerprint density at radius 1 is 1.14 bits per heavy atom. The van der Waals surface area contributed by atoms with E-state index in [-0.39, 0.29) is 11.5 Å². The number of nitrogens with zero attached hydrogens (tertiary/aromatic N) is 2. The molecule has 29 heavy (non-hydrogen) atoms. The number of aromatic nitrogens is 3. The highest BCUT2D eigenvalue weighted by Crippen LogP contribution is 2.29. The number of benzene rings is 2. The first-order valence-electron chi connectivity index (χ1n) is 8.53. The summed E-state index contributed by atoms with van der Waals surface area (Å²) in [5.41, 5.74) is 2.64. The molecule has 10 heteroatoms. The van der Waals surface area contributed by atoms with Crippen LogP contribution >= 0.6 is 11.8 Å². The number of hydrogen-bond acceptors (Lipinski definition) is 7. The Morgan fingerprint density at radius 3 is 2.66 bits per heavy atom. The zero-order valence-electron chi connectivity index (χ0n) is 15.2. The van der Waals surface area contributed by atoms with Gasteiger partial charge in [0.2, 0.25) is 10.0 Å². The Morgan fingerprint density at radius 2 is 1.90 bits per heavy atom. The van der Waals surface area contributed by atoms with Crippen molar-refractivity contribution in [3.8, 4) is 11.5 Å². The second kappa shape index (κ2) is 7.72. The molecule has 0 saturated heterocycles. The first kappa shape index (κ1) is 19.2. The second-order valence-electron chi connectivity index (χ2n) is 6.28. The van der Waals surface area contributed by atoms with Crippen LogP contribution in [0.4, 0.5) is 5.69 Å². The fraction of sp³-hybridized carbons (Fsp3) is 0.105. The molecule has 0 aliphatic carbocycles. The second-order valence-corrected chi connectivity index (χ2v) is 8.96. The van der Waals surface area contributed by atoms with Gasteiger partial charge in [-0.1, -0.05) is 30.0 Å². The van der Waals surface area contributed by atoms with Crippen LogP contribution in [0.5, 0.6) is 0 Å². The van der Waals surface area contributed by atoms with Gasteiger partial charge in [0.25, 0.3) is 11.1 Å². The lowest BCUT2D eigenvalue weighted by atomic mass is 10.1. The number of Topliss-reactive ketones (excluding diaryl/α,β-unsaturated/α-hetero) is 1. The number of H-pyrrole nitrogens is 1. The summed E-state index contributed by atoms with van der Waals surface area (Å²) in [4.78, 5) is 15.5. The first-order chi connectivity index (χ1) is 13.9. The maximum atomic E-state index is 12.4. The van der Waals surface area contributed by atoms with Crippen LogP contribution in [-0.2, 0) is 10.0 Å². The maximum absolute atomic E-state index is 12.4. The molecule has 4 aromatic rings. The fourth-order valence-electron chi connectivity index (χ4n) is 2.77. The van der Waals surface area contributed by atoms with Crippen molar-refractivity contribution in [2.24, 2.45) is 0 Å². The molecule has 148 valence electrons. The Bertz CT molecular complexity index is 1280. The number of hydrogen-bond donors (Lipinski definition) is 2. The fourth-order valence-corrected chi connectivity index (χ4v) is 4.00. The molecule has 0 fully saturated rings. The van der Waals surface area contributed by atoms with E-state index in [1.54, 1.807) is 24.3 Å². The van der Waals surface area contributed by atoms with E-state index in [2.05, 4.69) is 19.9 Å². The third-order valence-corrected chi connectivity index (χ3v) is 5.49. The lowest BCUT2D eigenvalue weighted by Gasteiger charge is -2.04. The van der Waals surface area contributed by atoms with Gasteiger partial charge < -0.3 is 9.40 Å². The normalized spacial score (nSPS) is 11.6. The lowest BCUT2D eigenvalue weighted by Crippen LogP contribution is -2.10. The van der Waals surface area contributed by atoms with Gasteiger partial charge in [0, 0.05) is 28.4 Å². The van der Waals surface area contributed by atoms with Crippen LogP contribution in [0.3, 0.4) is 0 Å². The third-order valence-electron chi connectivity index (χ3n) is 4.06. The highest BCUT2D eigenvalue weighted by molar-refractivity contribution is 7.99. The maximum Gasteiger partial charge on any atom is 0.277 e. The predicted octanol–water partition coefficient (Wildman–Crippen LogP) is 3.56. The van der Waals surface area contributed by atoms with Crippen molar-refractivity contribution >= 4 is 44.2 Å². The standard InChI is InChI=1S/C19H16N4O4S2/c1-29(25,26)23-13-8-6-12(7-9-13)17(24)11-28-19-22-21-18(27-19)15-10-20-16-5-3-2-4-14(15)16/h2-10,20,23H,11H2,1H3. The Kier molecular flexibility index (Phi) is 5.12. The predicted molar refractivity (Wildman–Crippen MR) is 112 cm³/mol. The lowest BCUT2D eigenvalue weighted by molar-refractivity contribution is 0.102. The highest BCUT2D eigenvalue weighted by Gasteiger charge is 2.15. The van der Waals surface area contributed by atoms with Crippen molar-refractivity contribution in [1.82, 2.24) is 15.2 Å². The average molecular weight is 428 g/mol. The minimum absolute atomic E-state index is 0.119. The number of nitrogens with one attached hydrogen (secondary N) is 2. The van der Waals surface area contributed by atoms with Crippen molar-refractivity contribution in [1.29, 1.82) is 0 Å². The molecule has 0 bridgehead atoms. The number of rotatable bonds is 7. The molecule has 0 amide bonds. The SMILES string of the molecule is CS(=O)(=O)Nc1ccc(C(=O)CSc2nnc(-c3c[nH]c4ccccc34)o2)cc1. The van der Waals surface area contributed by atoms with Gasteiger partial charge in [-0.15, -0.1) is 10.2 Å². The average Bonchev–Trinajstić information content (AvgIpc) is 3.32. The number of para-hydroxylation sites is 1. The molecule has 2 heterocycles. The number of carbonyl (C=O) groups excluding carboxylic acids is 1. The zero-order chi connectivity index (χ0) is 20.4. The molecule has 0 aliphatic rings. The molecule has 0 spiro atoms. The van der Waals surface area contributed by atoms with Gasteiger partial charge >= 0.3 is 0 Å². The summed E-state index contributed by atoms with van der Waals surface area (Å²) in [5.74, 6) is 0.371. The molecule has 0 atom stereocenters. The number of thioether (sulfide) groups is 1. The van der Waals surface area contributed by atoms with Crippen molar-refractivity contribution in [2.45, 2.75) is 5.22 Å². The summed E-state index contributed by atoms with van der Waals surface area (Å²) in [5, 5.41) is 9.35. The minimum Gasteiger partial charge on any atom is -0.411 e. The van der Waals surface area contributed by atoms with E-state index >= 15 is 0 Å². The number of anilines is 1. The van der Waals surface area contributed by atoms with E-state index in [0.717, 1.165) is 34.5 Å². The van der Waals surface area contributed by atoms with Gasteiger partial charge in [0.05, 0.1) is 17.6 Å². The van der Waals surface area contributed by atoms with E-state index < -0.39 is 10.0 Å². The summed E-state index contributed by atoms with van der Waals surface area (Å²) in [7, 11) is -3.36. The quantitative estimate of drug-likeness (QED) is 0.341. The van der Waals surface area contributed by atoms with Crippen LogP contribution in [-0.4, -0.2) is 41.4 Å². The monoisotopic (exact) mass is 428 g/mol. The van der Waals surface area contributed by atoms with E-state index in [1.165, 1.54) is 0 Å². The minimum atomic E-state index is -3.36. The van der Waals surface area contributed by atoms with E-state index in [1.807, 2.05) is 30.5 Å². The Labute approximate surface area is 170 Å². The van der Waals surface area contributed by atoms with Gasteiger partial charge in [0.15, 0.2) is 5.78 Å². The van der Waals surface area contributed by atoms with Crippen LogP contribution in [0.1, 0.15) is 10.4 Å². The number of aromatic amines is 1. The zero-order valence-corrected chi connectivity index (χ0v) is 16.9.